The van der Waals surface area contributed by atoms with Crippen LogP contribution in [0.25, 0.3) is 22.3 Å². The van der Waals surface area contributed by atoms with Gasteiger partial charge in [-0.2, -0.15) is 0 Å². The van der Waals surface area contributed by atoms with Crippen molar-refractivity contribution in [3.05, 3.63) is 42.2 Å². The minimum atomic E-state index is 0.0376. The average Bonchev–Trinajstić information content (AvgIpc) is 2.90. The minimum absolute atomic E-state index is 0.0376. The van der Waals surface area contributed by atoms with E-state index in [4.69, 9.17) is 14.7 Å². The largest absolute Gasteiger partial charge is 0.378 e. The smallest absolute Gasteiger partial charge is 0.324 e. The van der Waals surface area contributed by atoms with Gasteiger partial charge in [-0.25, -0.2) is 14.8 Å². The lowest BCUT2D eigenvalue weighted by molar-refractivity contribution is 0.122. The van der Waals surface area contributed by atoms with Crippen LogP contribution in [0.4, 0.5) is 16.3 Å². The van der Waals surface area contributed by atoms with Gasteiger partial charge in [0.2, 0.25) is 0 Å². The second-order valence-corrected chi connectivity index (χ2v) is 9.19. The standard InChI is InChI=1S/C25H29N7O2/c1-30-16-18-15-27-21-4-3-20(17-2-5-22(28-14-17)31-10-12-34-13-11-31)29-23(21)24(18)32(25(30)33)19-6-8-26-9-7-19/h2-5,14-15,19,26H,6-13,16H2,1H3. The second-order valence-electron chi connectivity index (χ2n) is 9.19. The molecule has 0 atom stereocenters. The topological polar surface area (TPSA) is 86.7 Å². The molecule has 176 valence electrons. The fourth-order valence-electron chi connectivity index (χ4n) is 5.16. The summed E-state index contributed by atoms with van der Waals surface area (Å²) in [6.07, 6.45) is 5.63. The predicted molar refractivity (Wildman–Crippen MR) is 131 cm³/mol. The summed E-state index contributed by atoms with van der Waals surface area (Å²) < 4.78 is 5.45. The Hall–Kier alpha value is -3.30. The normalized spacial score (nSPS) is 19.6. The first-order valence-electron chi connectivity index (χ1n) is 12.0. The van der Waals surface area contributed by atoms with E-state index in [9.17, 15) is 4.79 Å². The summed E-state index contributed by atoms with van der Waals surface area (Å²) in [5.41, 5.74) is 5.33. The van der Waals surface area contributed by atoms with Crippen molar-refractivity contribution in [1.82, 2.24) is 25.2 Å². The summed E-state index contributed by atoms with van der Waals surface area (Å²) in [6.45, 7) is 5.54. The van der Waals surface area contributed by atoms with Crippen molar-refractivity contribution in [3.63, 3.8) is 0 Å². The summed E-state index contributed by atoms with van der Waals surface area (Å²) >= 11 is 0. The first-order valence-corrected chi connectivity index (χ1v) is 12.0. The van der Waals surface area contributed by atoms with Crippen LogP contribution in [-0.4, -0.2) is 78.4 Å². The van der Waals surface area contributed by atoms with Crippen LogP contribution in [0.15, 0.2) is 36.7 Å². The number of nitrogens with one attached hydrogen (secondary N) is 1. The molecule has 0 saturated carbocycles. The number of piperidine rings is 1. The van der Waals surface area contributed by atoms with Crippen LogP contribution in [0.3, 0.4) is 0 Å². The van der Waals surface area contributed by atoms with Crippen molar-refractivity contribution in [3.8, 4) is 11.3 Å². The van der Waals surface area contributed by atoms with Gasteiger partial charge in [-0.3, -0.25) is 9.88 Å². The molecule has 3 aromatic heterocycles. The molecule has 0 bridgehead atoms. The number of carbonyl (C=O) groups excluding carboxylic acids is 1. The number of hydrogen-bond acceptors (Lipinski definition) is 7. The van der Waals surface area contributed by atoms with E-state index >= 15 is 0 Å². The van der Waals surface area contributed by atoms with E-state index in [-0.39, 0.29) is 12.1 Å². The van der Waals surface area contributed by atoms with E-state index in [0.29, 0.717) is 6.54 Å². The van der Waals surface area contributed by atoms with Crippen molar-refractivity contribution in [2.75, 3.05) is 56.2 Å². The quantitative estimate of drug-likeness (QED) is 0.644. The SMILES string of the molecule is CN1Cc2cnc3ccc(-c4ccc(N5CCOCC5)nc4)nc3c2N(C2CCNCC2)C1=O. The summed E-state index contributed by atoms with van der Waals surface area (Å²) in [7, 11) is 1.86. The van der Waals surface area contributed by atoms with Gasteiger partial charge in [0.15, 0.2) is 0 Å². The van der Waals surface area contributed by atoms with Gasteiger partial charge in [0.05, 0.1) is 36.7 Å². The lowest BCUT2D eigenvalue weighted by atomic mass is 10.0. The average molecular weight is 460 g/mol. The Labute approximate surface area is 198 Å². The molecular weight excluding hydrogens is 430 g/mol. The number of ether oxygens (including phenoxy) is 1. The predicted octanol–water partition coefficient (Wildman–Crippen LogP) is 2.65. The zero-order valence-corrected chi connectivity index (χ0v) is 19.4. The number of rotatable bonds is 3. The van der Waals surface area contributed by atoms with E-state index in [2.05, 4.69) is 21.3 Å². The number of carbonyl (C=O) groups is 1. The molecule has 3 aliphatic rings. The molecule has 0 aliphatic carbocycles. The molecule has 2 amide bonds. The molecule has 9 heteroatoms. The van der Waals surface area contributed by atoms with Crippen LogP contribution in [0.1, 0.15) is 18.4 Å². The molecule has 2 saturated heterocycles. The number of pyridine rings is 3. The first kappa shape index (κ1) is 21.2. The first-order chi connectivity index (χ1) is 16.7. The molecule has 0 radical (unpaired) electrons. The molecule has 6 heterocycles. The number of anilines is 2. The number of fused-ring (bicyclic) bond motifs is 3. The molecule has 3 aromatic rings. The maximum atomic E-state index is 13.3. The third kappa shape index (κ3) is 3.74. The number of aromatic nitrogens is 3. The van der Waals surface area contributed by atoms with Crippen molar-refractivity contribution < 1.29 is 9.53 Å². The van der Waals surface area contributed by atoms with Crippen molar-refractivity contribution in [2.45, 2.75) is 25.4 Å². The van der Waals surface area contributed by atoms with Gasteiger partial charge in [-0.1, -0.05) is 0 Å². The summed E-state index contributed by atoms with van der Waals surface area (Å²) in [4.78, 5) is 33.7. The molecular formula is C25H29N7O2. The highest BCUT2D eigenvalue weighted by molar-refractivity contribution is 6.04. The van der Waals surface area contributed by atoms with Gasteiger partial charge in [0.25, 0.3) is 0 Å². The van der Waals surface area contributed by atoms with Crippen LogP contribution in [0, 0.1) is 0 Å². The van der Waals surface area contributed by atoms with Crippen LogP contribution in [-0.2, 0) is 11.3 Å². The number of amides is 2. The fourth-order valence-corrected chi connectivity index (χ4v) is 5.16. The Kier molecular flexibility index (Phi) is 5.50. The van der Waals surface area contributed by atoms with Gasteiger partial charge in [-0.05, 0) is 50.2 Å². The number of nitrogens with zero attached hydrogens (tertiary/aromatic N) is 6. The lowest BCUT2D eigenvalue weighted by Gasteiger charge is -2.41. The number of urea groups is 1. The number of hydrogen-bond donors (Lipinski definition) is 1. The van der Waals surface area contributed by atoms with Crippen LogP contribution in [0.5, 0.6) is 0 Å². The van der Waals surface area contributed by atoms with Crippen molar-refractivity contribution in [2.24, 2.45) is 0 Å². The van der Waals surface area contributed by atoms with E-state index in [1.165, 1.54) is 0 Å². The highest BCUT2D eigenvalue weighted by atomic mass is 16.5. The maximum Gasteiger partial charge on any atom is 0.324 e. The Morgan fingerprint density at radius 2 is 1.85 bits per heavy atom. The van der Waals surface area contributed by atoms with E-state index < -0.39 is 0 Å². The van der Waals surface area contributed by atoms with Crippen molar-refractivity contribution >= 4 is 28.6 Å². The monoisotopic (exact) mass is 459 g/mol. The van der Waals surface area contributed by atoms with Gasteiger partial charge >= 0.3 is 6.03 Å². The Morgan fingerprint density at radius 1 is 1.03 bits per heavy atom. The third-order valence-electron chi connectivity index (χ3n) is 7.00. The zero-order valence-electron chi connectivity index (χ0n) is 19.4. The zero-order chi connectivity index (χ0) is 23.1. The van der Waals surface area contributed by atoms with Gasteiger partial charge in [0.1, 0.15) is 11.3 Å². The summed E-state index contributed by atoms with van der Waals surface area (Å²) in [5, 5.41) is 3.40. The third-order valence-corrected chi connectivity index (χ3v) is 7.00. The minimum Gasteiger partial charge on any atom is -0.378 e. The van der Waals surface area contributed by atoms with Gasteiger partial charge in [0, 0.05) is 49.7 Å². The van der Waals surface area contributed by atoms with Crippen LogP contribution in [0.2, 0.25) is 0 Å². The van der Waals surface area contributed by atoms with Gasteiger partial charge in [-0.15, -0.1) is 0 Å². The fraction of sp³-hybridized carbons (Fsp3) is 0.440. The lowest BCUT2D eigenvalue weighted by Crippen LogP contribution is -2.53. The molecule has 2 fully saturated rings. The van der Waals surface area contributed by atoms with Crippen LogP contribution >= 0.6 is 0 Å². The molecule has 1 N–H and O–H groups in total. The van der Waals surface area contributed by atoms with E-state index in [1.807, 2.05) is 42.5 Å². The molecule has 0 spiro atoms. The molecule has 9 nitrogen and oxygen atoms in total. The van der Waals surface area contributed by atoms with Crippen molar-refractivity contribution in [1.29, 1.82) is 0 Å². The molecule has 0 aromatic carbocycles. The van der Waals surface area contributed by atoms with Gasteiger partial charge < -0.3 is 19.9 Å². The van der Waals surface area contributed by atoms with Crippen LogP contribution < -0.4 is 15.1 Å². The summed E-state index contributed by atoms with van der Waals surface area (Å²) in [5.74, 6) is 0.956. The molecule has 0 unspecified atom stereocenters. The molecule has 6 rings (SSSR count). The maximum absolute atomic E-state index is 13.3. The Morgan fingerprint density at radius 3 is 2.62 bits per heavy atom. The number of morpholine rings is 1. The van der Waals surface area contributed by atoms with E-state index in [1.54, 1.807) is 4.90 Å². The summed E-state index contributed by atoms with van der Waals surface area (Å²) in [6, 6.07) is 8.29. The Bertz CT molecular complexity index is 1200. The highest BCUT2D eigenvalue weighted by Crippen LogP contribution is 2.37. The second kappa shape index (κ2) is 8.81. The molecule has 34 heavy (non-hydrogen) atoms. The molecule has 3 aliphatic heterocycles. The highest BCUT2D eigenvalue weighted by Gasteiger charge is 2.36. The Balaban J connectivity index is 1.40. The van der Waals surface area contributed by atoms with E-state index in [0.717, 1.165) is 91.6 Å².